The summed E-state index contributed by atoms with van der Waals surface area (Å²) in [5, 5.41) is 8.77. The van der Waals surface area contributed by atoms with Crippen LogP contribution in [0.1, 0.15) is 5.56 Å². The number of rotatable bonds is 6. The lowest BCUT2D eigenvalue weighted by molar-refractivity contribution is 0.217. The van der Waals surface area contributed by atoms with E-state index in [1.165, 1.54) is 30.5 Å². The molecular weight excluding hydrogens is 335 g/mol. The van der Waals surface area contributed by atoms with E-state index < -0.39 is 0 Å². The third kappa shape index (κ3) is 4.08. The van der Waals surface area contributed by atoms with Gasteiger partial charge in [0.05, 0.1) is 17.2 Å². The number of pyridine rings is 1. The van der Waals surface area contributed by atoms with Gasteiger partial charge in [-0.1, -0.05) is 12.1 Å². The summed E-state index contributed by atoms with van der Waals surface area (Å²) in [5.74, 6) is 0.639. The highest BCUT2D eigenvalue weighted by Crippen LogP contribution is 2.26. The van der Waals surface area contributed by atoms with Gasteiger partial charge in [-0.3, -0.25) is 4.79 Å². The van der Waals surface area contributed by atoms with Crippen molar-refractivity contribution in [1.29, 1.82) is 5.26 Å². The predicted molar refractivity (Wildman–Crippen MR) is 94.6 cm³/mol. The second kappa shape index (κ2) is 7.99. The molecule has 0 bridgehead atoms. The average molecular weight is 350 g/mol. The van der Waals surface area contributed by atoms with E-state index in [0.717, 1.165) is 0 Å². The molecule has 0 aliphatic carbocycles. The molecule has 130 valence electrons. The first kappa shape index (κ1) is 17.2. The van der Waals surface area contributed by atoms with Crippen LogP contribution in [0.4, 0.5) is 4.39 Å². The van der Waals surface area contributed by atoms with Gasteiger partial charge in [0, 0.05) is 6.20 Å². The number of halogens is 1. The monoisotopic (exact) mass is 350 g/mol. The van der Waals surface area contributed by atoms with Gasteiger partial charge in [0.1, 0.15) is 30.5 Å². The van der Waals surface area contributed by atoms with Crippen molar-refractivity contribution in [2.24, 2.45) is 0 Å². The first-order chi connectivity index (χ1) is 12.7. The van der Waals surface area contributed by atoms with E-state index in [0.29, 0.717) is 28.2 Å². The fourth-order valence-electron chi connectivity index (χ4n) is 2.41. The number of aromatic nitrogens is 1. The van der Waals surface area contributed by atoms with Crippen molar-refractivity contribution in [3.05, 3.63) is 82.5 Å². The second-order valence-corrected chi connectivity index (χ2v) is 5.39. The van der Waals surface area contributed by atoms with Crippen LogP contribution in [0.2, 0.25) is 0 Å². The van der Waals surface area contributed by atoms with E-state index in [1.807, 2.05) is 6.07 Å². The highest BCUT2D eigenvalue weighted by molar-refractivity contribution is 5.69. The first-order valence-electron chi connectivity index (χ1n) is 7.91. The number of aromatic amines is 1. The molecule has 3 rings (SSSR count). The van der Waals surface area contributed by atoms with E-state index >= 15 is 0 Å². The summed E-state index contributed by atoms with van der Waals surface area (Å²) in [6.45, 7) is 0.485. The summed E-state index contributed by atoms with van der Waals surface area (Å²) in [6.07, 6.45) is 1.49. The normalized spacial score (nSPS) is 10.2. The van der Waals surface area contributed by atoms with E-state index in [2.05, 4.69) is 4.98 Å². The van der Waals surface area contributed by atoms with Crippen LogP contribution in [0, 0.1) is 17.1 Å². The predicted octanol–water partition coefficient (Wildman–Crippen LogP) is 3.51. The molecule has 6 heteroatoms. The molecule has 0 aliphatic rings. The Balaban J connectivity index is 1.66. The lowest BCUT2D eigenvalue weighted by Gasteiger charge is -2.11. The van der Waals surface area contributed by atoms with Crippen molar-refractivity contribution in [2.45, 2.75) is 0 Å². The Morgan fingerprint density at radius 1 is 0.962 bits per heavy atom. The zero-order chi connectivity index (χ0) is 18.4. The zero-order valence-electron chi connectivity index (χ0n) is 13.7. The topological polar surface area (TPSA) is 75.1 Å². The smallest absolute Gasteiger partial charge is 0.259 e. The van der Waals surface area contributed by atoms with Gasteiger partial charge in [-0.25, -0.2) is 4.39 Å². The molecule has 5 nitrogen and oxygen atoms in total. The van der Waals surface area contributed by atoms with Crippen molar-refractivity contribution < 1.29 is 13.9 Å². The Labute approximate surface area is 149 Å². The van der Waals surface area contributed by atoms with Crippen LogP contribution in [0.25, 0.3) is 11.1 Å². The maximum atomic E-state index is 13.1. The van der Waals surface area contributed by atoms with E-state index in [1.54, 1.807) is 30.3 Å². The van der Waals surface area contributed by atoms with Crippen LogP contribution in [0.15, 0.2) is 65.6 Å². The van der Waals surface area contributed by atoms with Crippen LogP contribution < -0.4 is 15.0 Å². The molecule has 26 heavy (non-hydrogen) atoms. The van der Waals surface area contributed by atoms with Gasteiger partial charge in [-0.2, -0.15) is 5.26 Å². The third-order valence-corrected chi connectivity index (χ3v) is 3.65. The largest absolute Gasteiger partial charge is 0.490 e. The Bertz CT molecular complexity index is 974. The van der Waals surface area contributed by atoms with Gasteiger partial charge >= 0.3 is 0 Å². The standard InChI is InChI=1S/C20H15FN2O3/c21-16-5-3-15(4-6-16)19-18(9-10-23-20(19)24)26-12-11-25-17-7-1-14(13-22)2-8-17/h1-10H,11-12H2,(H,23,24). The molecule has 0 atom stereocenters. The van der Waals surface area contributed by atoms with E-state index in [9.17, 15) is 9.18 Å². The number of hydrogen-bond acceptors (Lipinski definition) is 4. The number of H-pyrrole nitrogens is 1. The minimum atomic E-state index is -0.376. The van der Waals surface area contributed by atoms with Crippen molar-refractivity contribution in [1.82, 2.24) is 4.98 Å². The summed E-state index contributed by atoms with van der Waals surface area (Å²) in [7, 11) is 0. The fourth-order valence-corrected chi connectivity index (χ4v) is 2.41. The van der Waals surface area contributed by atoms with Crippen molar-refractivity contribution in [3.63, 3.8) is 0 Å². The van der Waals surface area contributed by atoms with Crippen LogP contribution in [0.3, 0.4) is 0 Å². The first-order valence-corrected chi connectivity index (χ1v) is 7.91. The Morgan fingerprint density at radius 2 is 1.65 bits per heavy atom. The van der Waals surface area contributed by atoms with Crippen LogP contribution in [-0.2, 0) is 0 Å². The highest BCUT2D eigenvalue weighted by atomic mass is 19.1. The molecule has 0 aliphatic heterocycles. The summed E-state index contributed by atoms with van der Waals surface area (Å²) in [4.78, 5) is 14.7. The number of nitrogens with zero attached hydrogens (tertiary/aromatic N) is 1. The lowest BCUT2D eigenvalue weighted by atomic mass is 10.1. The number of hydrogen-bond donors (Lipinski definition) is 1. The average Bonchev–Trinajstić information content (AvgIpc) is 2.67. The maximum Gasteiger partial charge on any atom is 0.259 e. The summed E-state index contributed by atoms with van der Waals surface area (Å²) in [5.41, 5.74) is 1.14. The van der Waals surface area contributed by atoms with Crippen molar-refractivity contribution in [3.8, 4) is 28.7 Å². The van der Waals surface area contributed by atoms with Gasteiger partial charge < -0.3 is 14.5 Å². The fraction of sp³-hybridized carbons (Fsp3) is 0.100. The number of nitrogens with one attached hydrogen (secondary N) is 1. The lowest BCUT2D eigenvalue weighted by Crippen LogP contribution is -2.14. The Kier molecular flexibility index (Phi) is 5.30. The number of nitriles is 1. The summed E-state index contributed by atoms with van der Waals surface area (Å²) < 4.78 is 24.3. The van der Waals surface area contributed by atoms with E-state index in [-0.39, 0.29) is 24.6 Å². The van der Waals surface area contributed by atoms with Crippen LogP contribution >= 0.6 is 0 Å². The number of benzene rings is 2. The molecule has 0 saturated carbocycles. The molecule has 0 spiro atoms. The van der Waals surface area contributed by atoms with Crippen molar-refractivity contribution in [2.75, 3.05) is 13.2 Å². The molecule has 0 radical (unpaired) electrons. The second-order valence-electron chi connectivity index (χ2n) is 5.39. The zero-order valence-corrected chi connectivity index (χ0v) is 13.7. The molecule has 2 aromatic carbocycles. The molecule has 1 heterocycles. The molecular formula is C20H15FN2O3. The molecule has 1 N–H and O–H groups in total. The minimum absolute atomic E-state index is 0.220. The van der Waals surface area contributed by atoms with Gasteiger partial charge in [0.2, 0.25) is 0 Å². The Hall–Kier alpha value is -3.59. The molecule has 0 fully saturated rings. The number of ether oxygens (including phenoxy) is 2. The molecule has 1 aromatic heterocycles. The van der Waals surface area contributed by atoms with Crippen LogP contribution in [-0.4, -0.2) is 18.2 Å². The van der Waals surface area contributed by atoms with Crippen molar-refractivity contribution >= 4 is 0 Å². The quantitative estimate of drug-likeness (QED) is 0.690. The van der Waals surface area contributed by atoms with Gasteiger partial charge in [-0.05, 0) is 48.0 Å². The van der Waals surface area contributed by atoms with E-state index in [4.69, 9.17) is 14.7 Å². The summed E-state index contributed by atoms with van der Waals surface area (Å²) in [6, 6.07) is 16.1. The molecule has 3 aromatic rings. The molecule has 0 saturated heterocycles. The minimum Gasteiger partial charge on any atom is -0.490 e. The van der Waals surface area contributed by atoms with Gasteiger partial charge in [0.15, 0.2) is 0 Å². The molecule has 0 unspecified atom stereocenters. The van der Waals surface area contributed by atoms with Gasteiger partial charge in [0.25, 0.3) is 5.56 Å². The van der Waals surface area contributed by atoms with Gasteiger partial charge in [-0.15, -0.1) is 0 Å². The maximum absolute atomic E-state index is 13.1. The molecule has 0 amide bonds. The highest BCUT2D eigenvalue weighted by Gasteiger charge is 2.11. The third-order valence-electron chi connectivity index (χ3n) is 3.65. The SMILES string of the molecule is N#Cc1ccc(OCCOc2cc[nH]c(=O)c2-c2ccc(F)cc2)cc1. The van der Waals surface area contributed by atoms with Crippen LogP contribution in [0.5, 0.6) is 11.5 Å². The Morgan fingerprint density at radius 3 is 2.35 bits per heavy atom. The summed E-state index contributed by atoms with van der Waals surface area (Å²) >= 11 is 0.